The van der Waals surface area contributed by atoms with Gasteiger partial charge in [-0.05, 0) is 75.9 Å². The number of nitrogens with two attached hydrogens (primary N) is 1. The van der Waals surface area contributed by atoms with Crippen molar-refractivity contribution in [2.24, 2.45) is 11.7 Å². The van der Waals surface area contributed by atoms with Gasteiger partial charge in [-0.2, -0.15) is 5.10 Å². The van der Waals surface area contributed by atoms with E-state index in [1.165, 1.54) is 35.2 Å². The van der Waals surface area contributed by atoms with Gasteiger partial charge in [0.05, 0.1) is 17.8 Å². The average molecular weight is 581 g/mol. The largest absolute Gasteiger partial charge is 0.326 e. The summed E-state index contributed by atoms with van der Waals surface area (Å²) in [4.78, 5) is 11.0. The predicted octanol–water partition coefficient (Wildman–Crippen LogP) is 8.49. The highest BCUT2D eigenvalue weighted by atomic mass is 15.3. The fourth-order valence-corrected chi connectivity index (χ4v) is 5.26. The third kappa shape index (κ3) is 9.57. The van der Waals surface area contributed by atoms with Crippen LogP contribution in [0.2, 0.25) is 0 Å². The lowest BCUT2D eigenvalue weighted by molar-refractivity contribution is 0.327. The van der Waals surface area contributed by atoms with E-state index in [-0.39, 0.29) is 0 Å². The number of hydrogen-bond acceptors (Lipinski definition) is 5. The molecule has 0 spiro atoms. The monoisotopic (exact) mass is 580 g/mol. The summed E-state index contributed by atoms with van der Waals surface area (Å²) in [5, 5.41) is 5.85. The maximum Gasteiger partial charge on any atom is 0.125 e. The molecule has 2 aliphatic heterocycles. The molecule has 6 rings (SSSR count). The molecule has 1 fully saturated rings. The van der Waals surface area contributed by atoms with E-state index in [0.717, 1.165) is 52.1 Å². The summed E-state index contributed by atoms with van der Waals surface area (Å²) in [5.41, 5.74) is 14.3. The molecular weight excluding hydrogens is 528 g/mol. The van der Waals surface area contributed by atoms with E-state index in [9.17, 15) is 0 Å². The van der Waals surface area contributed by atoms with Crippen LogP contribution in [0.1, 0.15) is 69.2 Å². The predicted molar refractivity (Wildman–Crippen MR) is 187 cm³/mol. The lowest BCUT2D eigenvalue weighted by atomic mass is 9.98. The highest BCUT2D eigenvalue weighted by molar-refractivity contribution is 5.98. The van der Waals surface area contributed by atoms with Crippen LogP contribution in [0.15, 0.2) is 74.6 Å². The number of aryl methyl sites for hydroxylation is 2. The molecule has 1 saturated heterocycles. The topological polar surface area (TPSA) is 72.9 Å². The molecule has 2 aromatic carbocycles. The quantitative estimate of drug-likeness (QED) is 0.246. The molecule has 0 amide bonds. The van der Waals surface area contributed by atoms with E-state index < -0.39 is 0 Å². The van der Waals surface area contributed by atoms with Crippen LogP contribution in [-0.2, 0) is 13.1 Å². The Morgan fingerprint density at radius 1 is 1.02 bits per heavy atom. The Balaban J connectivity index is 0.000000254. The summed E-state index contributed by atoms with van der Waals surface area (Å²) in [6.45, 7) is 27.4. The SMILES string of the molecule is C=C.C=C(C)c1nn2c3c(cc(-c4cnc(C)nc4)cc13)C=CC2.CC.CC1CC(C)N(C)C1.Cc1cccc(CN)c1. The van der Waals surface area contributed by atoms with Crippen LogP contribution < -0.4 is 5.73 Å². The van der Waals surface area contributed by atoms with Gasteiger partial charge in [-0.15, -0.1) is 13.2 Å². The number of nitrogens with zero attached hydrogens (tertiary/aromatic N) is 5. The van der Waals surface area contributed by atoms with Gasteiger partial charge in [-0.1, -0.05) is 69.3 Å². The van der Waals surface area contributed by atoms with Crippen LogP contribution >= 0.6 is 0 Å². The van der Waals surface area contributed by atoms with Crippen molar-refractivity contribution in [3.8, 4) is 11.1 Å². The molecule has 2 N–H and O–H groups in total. The maximum absolute atomic E-state index is 5.42. The van der Waals surface area contributed by atoms with Gasteiger partial charge in [-0.3, -0.25) is 4.68 Å². The molecule has 2 aromatic heterocycles. The second-order valence-corrected chi connectivity index (χ2v) is 11.0. The van der Waals surface area contributed by atoms with Crippen LogP contribution in [0.25, 0.3) is 33.7 Å². The zero-order valence-corrected chi connectivity index (χ0v) is 27.7. The minimum atomic E-state index is 0.641. The second-order valence-electron chi connectivity index (χ2n) is 11.0. The fraction of sp³-hybridized carbons (Fsp3) is 0.378. The second kappa shape index (κ2) is 17.3. The summed E-state index contributed by atoms with van der Waals surface area (Å²) >= 11 is 0. The van der Waals surface area contributed by atoms with Gasteiger partial charge in [0.15, 0.2) is 0 Å². The van der Waals surface area contributed by atoms with Crippen molar-refractivity contribution in [3.05, 3.63) is 103 Å². The smallest absolute Gasteiger partial charge is 0.125 e. The minimum Gasteiger partial charge on any atom is -0.326 e. The van der Waals surface area contributed by atoms with Crippen LogP contribution in [0.4, 0.5) is 0 Å². The third-order valence-electron chi connectivity index (χ3n) is 7.38. The van der Waals surface area contributed by atoms with Gasteiger partial charge in [0.25, 0.3) is 0 Å². The van der Waals surface area contributed by atoms with E-state index >= 15 is 0 Å². The Kier molecular flexibility index (Phi) is 14.2. The van der Waals surface area contributed by atoms with Crippen molar-refractivity contribution >= 4 is 22.6 Å². The molecule has 0 bridgehead atoms. The Bertz CT molecular complexity index is 1470. The molecule has 0 radical (unpaired) electrons. The summed E-state index contributed by atoms with van der Waals surface area (Å²) in [7, 11) is 2.20. The summed E-state index contributed by atoms with van der Waals surface area (Å²) < 4.78 is 2.05. The molecule has 4 aromatic rings. The first-order chi connectivity index (χ1) is 20.7. The van der Waals surface area contributed by atoms with Gasteiger partial charge >= 0.3 is 0 Å². The number of rotatable bonds is 3. The van der Waals surface area contributed by atoms with Crippen molar-refractivity contribution in [3.63, 3.8) is 0 Å². The summed E-state index contributed by atoms with van der Waals surface area (Å²) in [5.74, 6) is 1.71. The molecule has 2 atom stereocenters. The molecule has 0 aliphatic carbocycles. The molecular formula is C37H52N6. The van der Waals surface area contributed by atoms with Crippen molar-refractivity contribution in [2.45, 2.75) is 74.0 Å². The van der Waals surface area contributed by atoms with Gasteiger partial charge in [0, 0.05) is 48.0 Å². The molecule has 2 aliphatic rings. The van der Waals surface area contributed by atoms with Crippen molar-refractivity contribution in [2.75, 3.05) is 13.6 Å². The minimum absolute atomic E-state index is 0.641. The maximum atomic E-state index is 5.42. The van der Waals surface area contributed by atoms with Crippen LogP contribution in [-0.4, -0.2) is 44.3 Å². The lowest BCUT2D eigenvalue weighted by Gasteiger charge is -2.12. The molecule has 4 heterocycles. The number of benzene rings is 2. The number of aromatic nitrogens is 4. The molecule has 6 nitrogen and oxygen atoms in total. The summed E-state index contributed by atoms with van der Waals surface area (Å²) in [6.07, 6.45) is 9.41. The van der Waals surface area contributed by atoms with Gasteiger partial charge in [0.2, 0.25) is 0 Å². The fourth-order valence-electron chi connectivity index (χ4n) is 5.26. The normalized spacial score (nSPS) is 16.4. The Morgan fingerprint density at radius 2 is 1.70 bits per heavy atom. The molecule has 2 unspecified atom stereocenters. The summed E-state index contributed by atoms with van der Waals surface area (Å²) in [6, 6.07) is 13.4. The van der Waals surface area contributed by atoms with Crippen LogP contribution in [0.3, 0.4) is 0 Å². The first-order valence-electron chi connectivity index (χ1n) is 15.3. The Hall–Kier alpha value is -3.87. The number of hydrogen-bond donors (Lipinski definition) is 1. The zero-order valence-electron chi connectivity index (χ0n) is 27.7. The van der Waals surface area contributed by atoms with Crippen LogP contribution in [0.5, 0.6) is 0 Å². The van der Waals surface area contributed by atoms with E-state index in [2.05, 4.69) is 98.8 Å². The Morgan fingerprint density at radius 3 is 2.19 bits per heavy atom. The number of likely N-dealkylation sites (tertiary alicyclic amines) is 1. The van der Waals surface area contributed by atoms with E-state index in [0.29, 0.717) is 6.54 Å². The molecule has 0 saturated carbocycles. The van der Waals surface area contributed by atoms with Crippen molar-refractivity contribution in [1.29, 1.82) is 0 Å². The lowest BCUT2D eigenvalue weighted by Crippen LogP contribution is -2.21. The first kappa shape index (κ1) is 35.3. The van der Waals surface area contributed by atoms with Gasteiger partial charge < -0.3 is 10.6 Å². The molecule has 6 heteroatoms. The average Bonchev–Trinajstić information content (AvgIpc) is 3.54. The number of allylic oxidation sites excluding steroid dienone is 2. The third-order valence-corrected chi connectivity index (χ3v) is 7.38. The highest BCUT2D eigenvalue weighted by Gasteiger charge is 2.21. The zero-order chi connectivity index (χ0) is 32.1. The van der Waals surface area contributed by atoms with E-state index in [1.807, 2.05) is 56.9 Å². The van der Waals surface area contributed by atoms with E-state index in [4.69, 9.17) is 10.8 Å². The van der Waals surface area contributed by atoms with Gasteiger partial charge in [0.1, 0.15) is 5.82 Å². The van der Waals surface area contributed by atoms with Crippen molar-refractivity contribution < 1.29 is 0 Å². The highest BCUT2D eigenvalue weighted by Crippen LogP contribution is 2.34. The molecule has 230 valence electrons. The standard InChI is InChI=1S/C18H16N4.C8H11N.C7H15N.C2H6.C2H4/c1-11(2)17-16-8-14(15-9-19-12(3)20-10-15)7-13-5-4-6-22(21-17)18(13)16;1-7-3-2-4-8(5-7)6-9;1-6-4-7(2)8(3)5-6;2*1-2/h4-5,7-10H,1,6H2,2-3H3;2-5H,6,9H2,1H3;6-7H,4-5H2,1-3H3;1-2H3;1-2H2. The molecule has 43 heavy (non-hydrogen) atoms. The first-order valence-corrected chi connectivity index (χ1v) is 15.3. The Labute approximate surface area is 260 Å². The van der Waals surface area contributed by atoms with Crippen molar-refractivity contribution in [1.82, 2.24) is 24.6 Å². The van der Waals surface area contributed by atoms with Crippen LogP contribution in [0, 0.1) is 19.8 Å². The van der Waals surface area contributed by atoms with E-state index in [1.54, 1.807) is 0 Å². The van der Waals surface area contributed by atoms with Gasteiger partial charge in [-0.25, -0.2) is 9.97 Å².